The molecular formula is C18H11N3O4. The van der Waals surface area contributed by atoms with Crippen molar-refractivity contribution in [2.24, 2.45) is 0 Å². The highest BCUT2D eigenvalue weighted by Crippen LogP contribution is 2.25. The molecule has 0 radical (unpaired) electrons. The molecular weight excluding hydrogens is 322 g/mol. The lowest BCUT2D eigenvalue weighted by Gasteiger charge is -2.04. The highest BCUT2D eigenvalue weighted by atomic mass is 16.6. The molecule has 25 heavy (non-hydrogen) atoms. The number of furan rings is 1. The van der Waals surface area contributed by atoms with Crippen molar-refractivity contribution in [3.05, 3.63) is 76.7 Å². The van der Waals surface area contributed by atoms with Crippen molar-refractivity contribution in [1.29, 1.82) is 0 Å². The molecule has 4 rings (SSSR count). The summed E-state index contributed by atoms with van der Waals surface area (Å²) in [4.78, 5) is 26.9. The first-order chi connectivity index (χ1) is 12.1. The van der Waals surface area contributed by atoms with Crippen LogP contribution in [0.25, 0.3) is 21.9 Å². The van der Waals surface area contributed by atoms with Crippen LogP contribution in [0.15, 0.2) is 65.2 Å². The van der Waals surface area contributed by atoms with Gasteiger partial charge in [0.1, 0.15) is 5.58 Å². The van der Waals surface area contributed by atoms with Gasteiger partial charge in [-0.15, -0.1) is 0 Å². The van der Waals surface area contributed by atoms with Gasteiger partial charge in [0.05, 0.1) is 10.4 Å². The molecule has 0 saturated heterocycles. The molecule has 0 unspecified atom stereocenters. The van der Waals surface area contributed by atoms with Crippen LogP contribution < -0.4 is 5.32 Å². The lowest BCUT2D eigenvalue weighted by molar-refractivity contribution is -0.384. The lowest BCUT2D eigenvalue weighted by atomic mass is 10.2. The van der Waals surface area contributed by atoms with E-state index in [0.29, 0.717) is 16.7 Å². The first kappa shape index (κ1) is 14.8. The average Bonchev–Trinajstić information content (AvgIpc) is 3.05. The number of pyridine rings is 1. The lowest BCUT2D eigenvalue weighted by Crippen LogP contribution is -2.10. The van der Waals surface area contributed by atoms with Gasteiger partial charge in [0, 0.05) is 34.8 Å². The van der Waals surface area contributed by atoms with Crippen LogP contribution in [0.5, 0.6) is 0 Å². The van der Waals surface area contributed by atoms with E-state index in [2.05, 4.69) is 10.3 Å². The van der Waals surface area contributed by atoms with Gasteiger partial charge in [-0.05, 0) is 36.4 Å². The number of hydrogen-bond acceptors (Lipinski definition) is 5. The van der Waals surface area contributed by atoms with Crippen molar-refractivity contribution in [3.63, 3.8) is 0 Å². The van der Waals surface area contributed by atoms with Crippen molar-refractivity contribution >= 4 is 39.2 Å². The normalized spacial score (nSPS) is 10.9. The molecule has 2 aromatic carbocycles. The van der Waals surface area contributed by atoms with Crippen LogP contribution in [-0.2, 0) is 0 Å². The highest BCUT2D eigenvalue weighted by Gasteiger charge is 2.15. The second-order valence-corrected chi connectivity index (χ2v) is 5.45. The third-order valence-corrected chi connectivity index (χ3v) is 3.80. The quantitative estimate of drug-likeness (QED) is 0.449. The Kier molecular flexibility index (Phi) is 3.39. The molecule has 2 aromatic heterocycles. The third kappa shape index (κ3) is 2.78. The Morgan fingerprint density at radius 3 is 2.80 bits per heavy atom. The van der Waals surface area contributed by atoms with Gasteiger partial charge in [-0.1, -0.05) is 6.07 Å². The van der Waals surface area contributed by atoms with Crippen molar-refractivity contribution in [3.8, 4) is 0 Å². The number of nitro benzene ring substituents is 1. The van der Waals surface area contributed by atoms with Gasteiger partial charge in [-0.3, -0.25) is 19.9 Å². The summed E-state index contributed by atoms with van der Waals surface area (Å²) in [5, 5.41) is 15.0. The van der Waals surface area contributed by atoms with Crippen molar-refractivity contribution in [2.45, 2.75) is 0 Å². The molecule has 0 atom stereocenters. The Hall–Kier alpha value is -3.74. The molecule has 0 bridgehead atoms. The summed E-state index contributed by atoms with van der Waals surface area (Å²) in [5.41, 5.74) is 1.80. The van der Waals surface area contributed by atoms with Gasteiger partial charge < -0.3 is 9.73 Å². The molecule has 0 fully saturated rings. The number of nitrogens with one attached hydrogen (secondary N) is 1. The summed E-state index contributed by atoms with van der Waals surface area (Å²) in [5.74, 6) is -0.344. The van der Waals surface area contributed by atoms with Crippen molar-refractivity contribution < 1.29 is 14.1 Å². The summed E-state index contributed by atoms with van der Waals surface area (Å²) >= 11 is 0. The molecule has 122 valence electrons. The second-order valence-electron chi connectivity index (χ2n) is 5.45. The largest absolute Gasteiger partial charge is 0.451 e. The predicted octanol–water partition coefficient (Wildman–Crippen LogP) is 4.14. The summed E-state index contributed by atoms with van der Waals surface area (Å²) in [6.07, 6.45) is 1.70. The number of rotatable bonds is 3. The van der Waals surface area contributed by atoms with E-state index in [9.17, 15) is 14.9 Å². The minimum atomic E-state index is -0.491. The van der Waals surface area contributed by atoms with E-state index in [1.165, 1.54) is 24.3 Å². The molecule has 0 aliphatic carbocycles. The number of nitrogens with zero attached hydrogens (tertiary/aromatic N) is 2. The van der Waals surface area contributed by atoms with Crippen LogP contribution >= 0.6 is 0 Å². The zero-order chi connectivity index (χ0) is 17.4. The number of non-ortho nitro benzene ring substituents is 1. The van der Waals surface area contributed by atoms with E-state index >= 15 is 0 Å². The molecule has 1 amide bonds. The van der Waals surface area contributed by atoms with E-state index in [1.54, 1.807) is 12.3 Å². The monoisotopic (exact) mass is 333 g/mol. The molecule has 1 N–H and O–H groups in total. The third-order valence-electron chi connectivity index (χ3n) is 3.80. The van der Waals surface area contributed by atoms with E-state index in [-0.39, 0.29) is 11.4 Å². The molecule has 0 spiro atoms. The number of hydrogen-bond donors (Lipinski definition) is 1. The van der Waals surface area contributed by atoms with E-state index in [1.807, 2.05) is 24.3 Å². The minimum absolute atomic E-state index is 0.0534. The van der Waals surface area contributed by atoms with E-state index < -0.39 is 10.8 Å². The van der Waals surface area contributed by atoms with Gasteiger partial charge in [-0.2, -0.15) is 0 Å². The number of aromatic nitrogens is 1. The van der Waals surface area contributed by atoms with E-state index in [0.717, 1.165) is 10.9 Å². The zero-order valence-corrected chi connectivity index (χ0v) is 12.8. The topological polar surface area (TPSA) is 98.3 Å². The maximum atomic E-state index is 12.4. The van der Waals surface area contributed by atoms with Crippen LogP contribution in [0.2, 0.25) is 0 Å². The number of anilines is 1. The van der Waals surface area contributed by atoms with Gasteiger partial charge in [0.25, 0.3) is 11.6 Å². The van der Waals surface area contributed by atoms with Gasteiger partial charge in [0.15, 0.2) is 5.76 Å². The van der Waals surface area contributed by atoms with Crippen LogP contribution in [0.1, 0.15) is 10.6 Å². The molecule has 2 heterocycles. The smallest absolute Gasteiger partial charge is 0.291 e. The van der Waals surface area contributed by atoms with Crippen LogP contribution in [0.4, 0.5) is 11.4 Å². The number of amides is 1. The SMILES string of the molecule is O=C(Nc1ccc2ncccc2c1)c1cc2cc([N+](=O)[O-])ccc2o1. The summed E-state index contributed by atoms with van der Waals surface area (Å²) in [7, 11) is 0. The number of fused-ring (bicyclic) bond motifs is 2. The fourth-order valence-corrected chi connectivity index (χ4v) is 2.60. The fraction of sp³-hybridized carbons (Fsp3) is 0. The fourth-order valence-electron chi connectivity index (χ4n) is 2.60. The molecule has 0 saturated carbocycles. The Morgan fingerprint density at radius 1 is 1.08 bits per heavy atom. The average molecular weight is 333 g/mol. The van der Waals surface area contributed by atoms with Gasteiger partial charge >= 0.3 is 0 Å². The van der Waals surface area contributed by atoms with Crippen LogP contribution in [0, 0.1) is 10.1 Å². The first-order valence-electron chi connectivity index (χ1n) is 7.44. The zero-order valence-electron chi connectivity index (χ0n) is 12.8. The Morgan fingerprint density at radius 2 is 1.96 bits per heavy atom. The molecule has 0 aliphatic rings. The Balaban J connectivity index is 1.63. The van der Waals surface area contributed by atoms with Crippen molar-refractivity contribution in [2.75, 3.05) is 5.32 Å². The van der Waals surface area contributed by atoms with Gasteiger partial charge in [0.2, 0.25) is 0 Å². The predicted molar refractivity (Wildman–Crippen MR) is 92.6 cm³/mol. The number of benzene rings is 2. The van der Waals surface area contributed by atoms with Gasteiger partial charge in [-0.25, -0.2) is 0 Å². The van der Waals surface area contributed by atoms with E-state index in [4.69, 9.17) is 4.42 Å². The standard InChI is InChI=1S/C18H11N3O4/c22-18(20-13-3-5-15-11(8-13)2-1-7-19-15)17-10-12-9-14(21(23)24)4-6-16(12)25-17/h1-10H,(H,20,22). The van der Waals surface area contributed by atoms with Crippen LogP contribution in [-0.4, -0.2) is 15.8 Å². The summed E-state index contributed by atoms with van der Waals surface area (Å²) in [6, 6.07) is 14.8. The van der Waals surface area contributed by atoms with Crippen LogP contribution in [0.3, 0.4) is 0 Å². The number of carbonyl (C=O) groups is 1. The first-order valence-corrected chi connectivity index (χ1v) is 7.44. The molecule has 7 nitrogen and oxygen atoms in total. The Bertz CT molecular complexity index is 1130. The molecule has 0 aliphatic heterocycles. The number of carbonyl (C=O) groups excluding carboxylic acids is 1. The maximum Gasteiger partial charge on any atom is 0.291 e. The minimum Gasteiger partial charge on any atom is -0.451 e. The second kappa shape index (κ2) is 5.72. The summed E-state index contributed by atoms with van der Waals surface area (Å²) in [6.45, 7) is 0. The van der Waals surface area contributed by atoms with Crippen molar-refractivity contribution in [1.82, 2.24) is 4.98 Å². The molecule has 4 aromatic rings. The summed E-state index contributed by atoms with van der Waals surface area (Å²) < 4.78 is 5.48. The maximum absolute atomic E-state index is 12.4. The number of nitro groups is 1. The highest BCUT2D eigenvalue weighted by molar-refractivity contribution is 6.05. The molecule has 7 heteroatoms. The Labute approximate surface area is 141 Å².